The molecule has 0 radical (unpaired) electrons. The van der Waals surface area contributed by atoms with Gasteiger partial charge in [-0.1, -0.05) is 6.92 Å². The lowest BCUT2D eigenvalue weighted by Gasteiger charge is -2.32. The number of hydrogen-bond donors (Lipinski definition) is 0. The molecule has 1 aliphatic heterocycles. The molecule has 94 valence electrons. The van der Waals surface area contributed by atoms with E-state index in [9.17, 15) is 4.79 Å². The van der Waals surface area contributed by atoms with Crippen molar-refractivity contribution in [2.24, 2.45) is 0 Å². The van der Waals surface area contributed by atoms with Crippen LogP contribution in [0.2, 0.25) is 0 Å². The summed E-state index contributed by atoms with van der Waals surface area (Å²) in [6.07, 6.45) is 4.08. The second kappa shape index (κ2) is 5.47. The van der Waals surface area contributed by atoms with E-state index in [4.69, 9.17) is 4.74 Å². The first-order chi connectivity index (χ1) is 8.19. The van der Waals surface area contributed by atoms with Gasteiger partial charge in [0.2, 0.25) is 0 Å². The van der Waals surface area contributed by atoms with E-state index in [2.05, 4.69) is 11.8 Å². The highest BCUT2D eigenvalue weighted by Crippen LogP contribution is 2.09. The number of carbonyl (C=O) groups excluding carboxylic acids is 1. The molecule has 1 fully saturated rings. The number of likely N-dealkylation sites (N-methyl/N-ethyl adjacent to an activating group) is 1. The number of Topliss-reactive ketones (excluding diaryl/α,β-unsaturated/α-hetero) is 1. The van der Waals surface area contributed by atoms with Crippen molar-refractivity contribution in [2.75, 3.05) is 26.2 Å². The van der Waals surface area contributed by atoms with Gasteiger partial charge in [0.25, 0.3) is 0 Å². The van der Waals surface area contributed by atoms with Crippen molar-refractivity contribution in [1.29, 1.82) is 0 Å². The summed E-state index contributed by atoms with van der Waals surface area (Å²) in [4.78, 5) is 13.6. The molecule has 17 heavy (non-hydrogen) atoms. The van der Waals surface area contributed by atoms with Crippen LogP contribution in [0.1, 0.15) is 24.2 Å². The summed E-state index contributed by atoms with van der Waals surface area (Å²) < 4.78 is 7.78. The van der Waals surface area contributed by atoms with E-state index in [1.54, 1.807) is 6.92 Å². The van der Waals surface area contributed by atoms with Gasteiger partial charge < -0.3 is 9.30 Å². The van der Waals surface area contributed by atoms with E-state index in [-0.39, 0.29) is 11.9 Å². The lowest BCUT2D eigenvalue weighted by Crippen LogP contribution is -2.43. The lowest BCUT2D eigenvalue weighted by atomic mass is 10.2. The SMILES string of the molecule is CCN1CCOC(Cn2ccc(C(C)=O)c2)C1. The molecule has 4 nitrogen and oxygen atoms in total. The monoisotopic (exact) mass is 236 g/mol. The van der Waals surface area contributed by atoms with Crippen LogP contribution in [0.5, 0.6) is 0 Å². The Balaban J connectivity index is 1.93. The molecule has 2 rings (SSSR count). The summed E-state index contributed by atoms with van der Waals surface area (Å²) in [6.45, 7) is 8.47. The number of rotatable bonds is 4. The van der Waals surface area contributed by atoms with E-state index < -0.39 is 0 Å². The second-order valence-electron chi connectivity index (χ2n) is 4.54. The minimum absolute atomic E-state index is 0.114. The van der Waals surface area contributed by atoms with Gasteiger partial charge >= 0.3 is 0 Å². The molecule has 4 heteroatoms. The number of ketones is 1. The zero-order chi connectivity index (χ0) is 12.3. The number of hydrogen-bond acceptors (Lipinski definition) is 3. The largest absolute Gasteiger partial charge is 0.374 e. The minimum atomic E-state index is 0.114. The minimum Gasteiger partial charge on any atom is -0.374 e. The van der Waals surface area contributed by atoms with Crippen LogP contribution in [-0.2, 0) is 11.3 Å². The van der Waals surface area contributed by atoms with Gasteiger partial charge in [0.1, 0.15) is 0 Å². The Kier molecular flexibility index (Phi) is 3.97. The van der Waals surface area contributed by atoms with Crippen molar-refractivity contribution in [3.63, 3.8) is 0 Å². The molecule has 1 aliphatic rings. The predicted octanol–water partition coefficient (Wildman–Crippen LogP) is 1.41. The van der Waals surface area contributed by atoms with Gasteiger partial charge in [-0.2, -0.15) is 0 Å². The fraction of sp³-hybridized carbons (Fsp3) is 0.615. The Hall–Kier alpha value is -1.13. The average Bonchev–Trinajstić information content (AvgIpc) is 2.78. The van der Waals surface area contributed by atoms with Crippen molar-refractivity contribution in [3.05, 3.63) is 24.0 Å². The van der Waals surface area contributed by atoms with E-state index in [0.717, 1.165) is 38.3 Å². The van der Waals surface area contributed by atoms with Gasteiger partial charge in [0.05, 0.1) is 12.7 Å². The maximum atomic E-state index is 11.2. The summed E-state index contributed by atoms with van der Waals surface area (Å²) in [7, 11) is 0. The third-order valence-electron chi connectivity index (χ3n) is 3.24. The molecule has 2 heterocycles. The third kappa shape index (κ3) is 3.17. The van der Waals surface area contributed by atoms with Crippen LogP contribution in [0, 0.1) is 0 Å². The quantitative estimate of drug-likeness (QED) is 0.741. The van der Waals surface area contributed by atoms with Crippen molar-refractivity contribution in [1.82, 2.24) is 9.47 Å². The first kappa shape index (κ1) is 12.3. The summed E-state index contributed by atoms with van der Waals surface area (Å²) in [5, 5.41) is 0. The van der Waals surface area contributed by atoms with E-state index in [1.807, 2.05) is 23.0 Å². The highest BCUT2D eigenvalue weighted by atomic mass is 16.5. The van der Waals surface area contributed by atoms with E-state index >= 15 is 0 Å². The maximum absolute atomic E-state index is 11.2. The zero-order valence-electron chi connectivity index (χ0n) is 10.6. The van der Waals surface area contributed by atoms with Crippen LogP contribution in [0.25, 0.3) is 0 Å². The number of aromatic nitrogens is 1. The molecule has 0 N–H and O–H groups in total. The highest BCUT2D eigenvalue weighted by Gasteiger charge is 2.19. The molecule has 0 bridgehead atoms. The van der Waals surface area contributed by atoms with Crippen molar-refractivity contribution >= 4 is 5.78 Å². The van der Waals surface area contributed by atoms with E-state index in [0.29, 0.717) is 0 Å². The van der Waals surface area contributed by atoms with Crippen LogP contribution in [-0.4, -0.2) is 47.6 Å². The van der Waals surface area contributed by atoms with Gasteiger partial charge in [0, 0.05) is 37.6 Å². The van der Waals surface area contributed by atoms with Crippen LogP contribution in [0.3, 0.4) is 0 Å². The summed E-state index contributed by atoms with van der Waals surface area (Å²) in [6, 6.07) is 1.86. The predicted molar refractivity (Wildman–Crippen MR) is 66.3 cm³/mol. The lowest BCUT2D eigenvalue weighted by molar-refractivity contribution is -0.0342. The second-order valence-corrected chi connectivity index (χ2v) is 4.54. The number of nitrogens with zero attached hydrogens (tertiary/aromatic N) is 2. The standard InChI is InChI=1S/C13H20N2O2/c1-3-14-6-7-17-13(9-14)10-15-5-4-12(8-15)11(2)16/h4-5,8,13H,3,6-7,9-10H2,1-2H3. The summed E-state index contributed by atoms with van der Waals surface area (Å²) >= 11 is 0. The van der Waals surface area contributed by atoms with Gasteiger partial charge in [0.15, 0.2) is 5.78 Å². The number of morpholine rings is 1. The molecule has 0 spiro atoms. The molecular formula is C13H20N2O2. The van der Waals surface area contributed by atoms with Crippen molar-refractivity contribution in [3.8, 4) is 0 Å². The molecular weight excluding hydrogens is 216 g/mol. The first-order valence-electron chi connectivity index (χ1n) is 6.19. The third-order valence-corrected chi connectivity index (χ3v) is 3.24. The van der Waals surface area contributed by atoms with Crippen LogP contribution >= 0.6 is 0 Å². The fourth-order valence-electron chi connectivity index (χ4n) is 2.18. The average molecular weight is 236 g/mol. The molecule has 0 amide bonds. The fourth-order valence-corrected chi connectivity index (χ4v) is 2.18. The van der Waals surface area contributed by atoms with Gasteiger partial charge in [-0.05, 0) is 19.5 Å². The topological polar surface area (TPSA) is 34.5 Å². The molecule has 1 saturated heterocycles. The maximum Gasteiger partial charge on any atom is 0.161 e. The Labute approximate surface area is 102 Å². The molecule has 1 aromatic rings. The molecule has 0 aliphatic carbocycles. The molecule has 1 aromatic heterocycles. The van der Waals surface area contributed by atoms with Crippen LogP contribution in [0.15, 0.2) is 18.5 Å². The Morgan fingerprint density at radius 3 is 3.06 bits per heavy atom. The first-order valence-corrected chi connectivity index (χ1v) is 6.19. The number of ether oxygens (including phenoxy) is 1. The van der Waals surface area contributed by atoms with Crippen molar-refractivity contribution in [2.45, 2.75) is 26.5 Å². The van der Waals surface area contributed by atoms with Gasteiger partial charge in [-0.25, -0.2) is 0 Å². The van der Waals surface area contributed by atoms with Gasteiger partial charge in [-0.15, -0.1) is 0 Å². The highest BCUT2D eigenvalue weighted by molar-refractivity contribution is 5.93. The number of carbonyl (C=O) groups is 1. The smallest absolute Gasteiger partial charge is 0.161 e. The van der Waals surface area contributed by atoms with Crippen LogP contribution in [0.4, 0.5) is 0 Å². The Morgan fingerprint density at radius 1 is 1.59 bits per heavy atom. The Bertz CT molecular complexity index is 387. The summed E-state index contributed by atoms with van der Waals surface area (Å²) in [5.41, 5.74) is 0.771. The van der Waals surface area contributed by atoms with Gasteiger partial charge in [-0.3, -0.25) is 9.69 Å². The molecule has 1 unspecified atom stereocenters. The zero-order valence-corrected chi connectivity index (χ0v) is 10.6. The van der Waals surface area contributed by atoms with Crippen molar-refractivity contribution < 1.29 is 9.53 Å². The normalized spacial score (nSPS) is 21.6. The molecule has 0 saturated carbocycles. The summed E-state index contributed by atoms with van der Waals surface area (Å²) in [5.74, 6) is 0.114. The molecule has 0 aromatic carbocycles. The Morgan fingerprint density at radius 2 is 2.41 bits per heavy atom. The van der Waals surface area contributed by atoms with E-state index in [1.165, 1.54) is 0 Å². The molecule has 1 atom stereocenters. The van der Waals surface area contributed by atoms with Crippen LogP contribution < -0.4 is 0 Å².